The molecule has 0 radical (unpaired) electrons. The molecule has 2 saturated heterocycles. The van der Waals surface area contributed by atoms with E-state index in [2.05, 4.69) is 52.2 Å². The first-order valence-corrected chi connectivity index (χ1v) is 7.32. The summed E-state index contributed by atoms with van der Waals surface area (Å²) in [5, 5.41) is 6.63. The minimum atomic E-state index is -0.655. The van der Waals surface area contributed by atoms with Gasteiger partial charge in [0.15, 0.2) is 5.60 Å². The van der Waals surface area contributed by atoms with Crippen molar-refractivity contribution in [2.75, 3.05) is 0 Å². The Bertz CT molecular complexity index is 358. The molecule has 0 aliphatic carbocycles. The molecule has 19 heavy (non-hydrogen) atoms. The van der Waals surface area contributed by atoms with Crippen molar-refractivity contribution in [3.05, 3.63) is 0 Å². The second-order valence-corrected chi connectivity index (χ2v) is 7.95. The van der Waals surface area contributed by atoms with Gasteiger partial charge in [-0.25, -0.2) is 0 Å². The van der Waals surface area contributed by atoms with Crippen LogP contribution in [0.5, 0.6) is 0 Å². The van der Waals surface area contributed by atoms with Gasteiger partial charge in [0.2, 0.25) is 0 Å². The predicted octanol–water partition coefficient (Wildman–Crippen LogP) is 2.18. The molecule has 2 N–H and O–H groups in total. The Labute approximate surface area is 116 Å². The van der Waals surface area contributed by atoms with Crippen molar-refractivity contribution in [3.63, 3.8) is 0 Å². The van der Waals surface area contributed by atoms with Crippen LogP contribution in [0.1, 0.15) is 60.8 Å². The van der Waals surface area contributed by atoms with Gasteiger partial charge in [-0.3, -0.25) is 4.79 Å². The lowest BCUT2D eigenvalue weighted by Crippen LogP contribution is -2.65. The molecule has 0 bridgehead atoms. The highest BCUT2D eigenvalue weighted by molar-refractivity contribution is 5.87. The molecule has 2 aliphatic rings. The van der Waals surface area contributed by atoms with Crippen molar-refractivity contribution in [1.29, 1.82) is 0 Å². The highest BCUT2D eigenvalue weighted by atomic mass is 16.5. The number of ether oxygens (including phenoxy) is 1. The fourth-order valence-electron chi connectivity index (χ4n) is 3.91. The Hall–Kier alpha value is -0.610. The summed E-state index contributed by atoms with van der Waals surface area (Å²) in [6, 6.07) is 0. The molecule has 0 saturated carbocycles. The van der Waals surface area contributed by atoms with Crippen LogP contribution in [0.4, 0.5) is 0 Å². The van der Waals surface area contributed by atoms with E-state index in [1.54, 1.807) is 0 Å². The lowest BCUT2D eigenvalue weighted by atomic mass is 9.72. The second kappa shape index (κ2) is 4.45. The van der Waals surface area contributed by atoms with Gasteiger partial charge in [-0.15, -0.1) is 0 Å². The third-order valence-electron chi connectivity index (χ3n) is 3.89. The van der Waals surface area contributed by atoms with E-state index in [1.807, 2.05) is 0 Å². The van der Waals surface area contributed by atoms with Gasteiger partial charge in [-0.2, -0.15) is 0 Å². The number of carbonyl (C=O) groups excluding carboxylic acids is 1. The van der Waals surface area contributed by atoms with E-state index >= 15 is 0 Å². The third-order valence-corrected chi connectivity index (χ3v) is 3.89. The maximum atomic E-state index is 12.5. The van der Waals surface area contributed by atoms with E-state index < -0.39 is 5.60 Å². The fourth-order valence-corrected chi connectivity index (χ4v) is 3.91. The van der Waals surface area contributed by atoms with Gasteiger partial charge in [-0.05, 0) is 40.0 Å². The molecule has 0 aromatic rings. The quantitative estimate of drug-likeness (QED) is 0.807. The van der Waals surface area contributed by atoms with Gasteiger partial charge in [0, 0.05) is 23.9 Å². The van der Waals surface area contributed by atoms with Crippen LogP contribution in [0.2, 0.25) is 0 Å². The molecule has 4 nitrogen and oxygen atoms in total. The Kier molecular flexibility index (Phi) is 3.47. The summed E-state index contributed by atoms with van der Waals surface area (Å²) in [5.74, 6) is 0.587. The monoisotopic (exact) mass is 268 g/mol. The van der Waals surface area contributed by atoms with E-state index in [0.717, 1.165) is 19.3 Å². The van der Waals surface area contributed by atoms with Gasteiger partial charge in [0.1, 0.15) is 6.23 Å². The molecular formula is C15H28N2O2. The van der Waals surface area contributed by atoms with Crippen LogP contribution >= 0.6 is 0 Å². The maximum absolute atomic E-state index is 12.5. The number of amides is 1. The average Bonchev–Trinajstić information content (AvgIpc) is 2.34. The van der Waals surface area contributed by atoms with Gasteiger partial charge in [0.25, 0.3) is 5.91 Å². The van der Waals surface area contributed by atoms with E-state index in [9.17, 15) is 4.79 Å². The third kappa shape index (κ3) is 3.11. The summed E-state index contributed by atoms with van der Waals surface area (Å²) in [6.45, 7) is 12.9. The van der Waals surface area contributed by atoms with Crippen molar-refractivity contribution >= 4 is 5.91 Å². The van der Waals surface area contributed by atoms with Gasteiger partial charge < -0.3 is 15.4 Å². The Morgan fingerprint density at radius 3 is 2.21 bits per heavy atom. The summed E-state index contributed by atoms with van der Waals surface area (Å²) >= 11 is 0. The largest absolute Gasteiger partial charge is 0.342 e. The minimum Gasteiger partial charge on any atom is -0.342 e. The SMILES string of the molecule is CC(C)CC1NC(=O)C2(CC(C)(C)NC(C)(C)C2)O1. The lowest BCUT2D eigenvalue weighted by Gasteiger charge is -2.49. The highest BCUT2D eigenvalue weighted by Crippen LogP contribution is 2.42. The van der Waals surface area contributed by atoms with Crippen molar-refractivity contribution in [2.45, 2.75) is 83.7 Å². The first kappa shape index (κ1) is 14.8. The molecule has 1 amide bonds. The molecule has 2 aliphatic heterocycles. The lowest BCUT2D eigenvalue weighted by molar-refractivity contribution is -0.147. The van der Waals surface area contributed by atoms with Crippen LogP contribution in [0.3, 0.4) is 0 Å². The Morgan fingerprint density at radius 2 is 1.74 bits per heavy atom. The smallest absolute Gasteiger partial charge is 0.254 e. The average molecular weight is 268 g/mol. The molecular weight excluding hydrogens is 240 g/mol. The highest BCUT2D eigenvalue weighted by Gasteiger charge is 2.56. The van der Waals surface area contributed by atoms with Crippen LogP contribution in [0.25, 0.3) is 0 Å². The van der Waals surface area contributed by atoms with Crippen molar-refractivity contribution in [2.24, 2.45) is 5.92 Å². The molecule has 1 atom stereocenters. The van der Waals surface area contributed by atoms with Crippen molar-refractivity contribution in [3.8, 4) is 0 Å². The first-order chi connectivity index (χ1) is 8.54. The predicted molar refractivity (Wildman–Crippen MR) is 75.7 cm³/mol. The number of piperidine rings is 1. The molecule has 2 rings (SSSR count). The van der Waals surface area contributed by atoms with E-state index in [0.29, 0.717) is 5.92 Å². The Morgan fingerprint density at radius 1 is 1.21 bits per heavy atom. The van der Waals surface area contributed by atoms with Crippen LogP contribution in [0.15, 0.2) is 0 Å². The minimum absolute atomic E-state index is 0.0702. The molecule has 0 aromatic carbocycles. The first-order valence-electron chi connectivity index (χ1n) is 7.32. The molecule has 4 heteroatoms. The fraction of sp³-hybridized carbons (Fsp3) is 0.933. The van der Waals surface area contributed by atoms with Crippen LogP contribution in [-0.4, -0.2) is 28.8 Å². The van der Waals surface area contributed by atoms with E-state index in [-0.39, 0.29) is 23.2 Å². The number of carbonyl (C=O) groups is 1. The number of rotatable bonds is 2. The number of hydrogen-bond acceptors (Lipinski definition) is 3. The van der Waals surface area contributed by atoms with Crippen LogP contribution in [0, 0.1) is 5.92 Å². The Balaban J connectivity index is 2.20. The number of nitrogens with one attached hydrogen (secondary N) is 2. The summed E-state index contributed by atoms with van der Waals surface area (Å²) in [6.07, 6.45) is 2.20. The van der Waals surface area contributed by atoms with Crippen molar-refractivity contribution < 1.29 is 9.53 Å². The van der Waals surface area contributed by atoms with E-state index in [4.69, 9.17) is 4.74 Å². The van der Waals surface area contributed by atoms with Gasteiger partial charge in [0.05, 0.1) is 0 Å². The van der Waals surface area contributed by atoms with Gasteiger partial charge >= 0.3 is 0 Å². The summed E-state index contributed by atoms with van der Waals surface area (Å²) < 4.78 is 6.18. The summed E-state index contributed by atoms with van der Waals surface area (Å²) in [4.78, 5) is 12.5. The van der Waals surface area contributed by atoms with Crippen LogP contribution in [-0.2, 0) is 9.53 Å². The zero-order valence-corrected chi connectivity index (χ0v) is 13.1. The molecule has 1 unspecified atom stereocenters. The standard InChI is InChI=1S/C15H28N2O2/c1-10(2)7-11-16-12(18)15(19-11)8-13(3,4)17-14(5,6)9-15/h10-11,17H,7-9H2,1-6H3,(H,16,18). The molecule has 2 fully saturated rings. The summed E-state index contributed by atoms with van der Waals surface area (Å²) in [5.41, 5.74) is -0.838. The second-order valence-electron chi connectivity index (χ2n) is 7.95. The van der Waals surface area contributed by atoms with E-state index in [1.165, 1.54) is 0 Å². The molecule has 110 valence electrons. The molecule has 2 heterocycles. The summed E-state index contributed by atoms with van der Waals surface area (Å²) in [7, 11) is 0. The zero-order chi connectivity index (χ0) is 14.5. The van der Waals surface area contributed by atoms with Crippen LogP contribution < -0.4 is 10.6 Å². The van der Waals surface area contributed by atoms with Gasteiger partial charge in [-0.1, -0.05) is 13.8 Å². The van der Waals surface area contributed by atoms with Crippen molar-refractivity contribution in [1.82, 2.24) is 10.6 Å². The number of hydrogen-bond donors (Lipinski definition) is 2. The maximum Gasteiger partial charge on any atom is 0.254 e. The molecule has 0 aromatic heterocycles. The molecule has 1 spiro atoms. The topological polar surface area (TPSA) is 50.4 Å². The normalized spacial score (nSPS) is 31.7. The zero-order valence-electron chi connectivity index (χ0n) is 13.1.